The molecule has 0 spiro atoms. The Labute approximate surface area is 105 Å². The second kappa shape index (κ2) is 4.01. The average molecular weight is 243 g/mol. The number of nitriles is 1. The molecular formula is C13H13N3S. The number of hydrogen-bond donors (Lipinski definition) is 1. The Morgan fingerprint density at radius 2 is 2.29 bits per heavy atom. The number of nitrogens with zero attached hydrogens (tertiary/aromatic N) is 2. The van der Waals surface area contributed by atoms with Crippen LogP contribution in [0, 0.1) is 22.0 Å². The lowest BCUT2D eigenvalue weighted by molar-refractivity contribution is 0.278. The van der Waals surface area contributed by atoms with Crippen LogP contribution in [-0.4, -0.2) is 9.55 Å². The van der Waals surface area contributed by atoms with Gasteiger partial charge in [-0.1, -0.05) is 6.42 Å². The Balaban J connectivity index is 2.11. The molecule has 17 heavy (non-hydrogen) atoms. The van der Waals surface area contributed by atoms with Crippen molar-refractivity contribution in [3.05, 3.63) is 28.5 Å². The molecule has 0 saturated heterocycles. The fourth-order valence-corrected chi connectivity index (χ4v) is 2.62. The van der Waals surface area contributed by atoms with E-state index in [-0.39, 0.29) is 0 Å². The van der Waals surface area contributed by atoms with Crippen LogP contribution >= 0.6 is 12.2 Å². The molecule has 1 heterocycles. The first kappa shape index (κ1) is 10.5. The summed E-state index contributed by atoms with van der Waals surface area (Å²) >= 11 is 5.35. The summed E-state index contributed by atoms with van der Waals surface area (Å²) < 4.78 is 2.90. The lowest BCUT2D eigenvalue weighted by atomic mass is 9.85. The molecule has 1 aliphatic rings. The van der Waals surface area contributed by atoms with Gasteiger partial charge in [0.05, 0.1) is 22.7 Å². The van der Waals surface area contributed by atoms with Crippen LogP contribution in [0.2, 0.25) is 0 Å². The second-order valence-electron chi connectivity index (χ2n) is 4.68. The Morgan fingerprint density at radius 3 is 2.94 bits per heavy atom. The molecule has 86 valence electrons. The molecule has 4 heteroatoms. The number of rotatable bonds is 2. The third kappa shape index (κ3) is 1.77. The summed E-state index contributed by atoms with van der Waals surface area (Å²) in [7, 11) is 0. The van der Waals surface area contributed by atoms with Crippen LogP contribution in [0.15, 0.2) is 18.2 Å². The normalized spacial score (nSPS) is 15.7. The van der Waals surface area contributed by atoms with Gasteiger partial charge in [0.25, 0.3) is 0 Å². The molecular weight excluding hydrogens is 230 g/mol. The van der Waals surface area contributed by atoms with Crippen molar-refractivity contribution in [3.8, 4) is 6.07 Å². The maximum atomic E-state index is 8.94. The van der Waals surface area contributed by atoms with E-state index in [1.54, 1.807) is 0 Å². The molecule has 3 rings (SSSR count). The van der Waals surface area contributed by atoms with Crippen LogP contribution in [0.4, 0.5) is 0 Å². The molecule has 1 N–H and O–H groups in total. The highest BCUT2D eigenvalue weighted by Crippen LogP contribution is 2.29. The number of fused-ring (bicyclic) bond motifs is 1. The van der Waals surface area contributed by atoms with Crippen LogP contribution in [0.25, 0.3) is 11.0 Å². The maximum Gasteiger partial charge on any atom is 0.178 e. The van der Waals surface area contributed by atoms with E-state index >= 15 is 0 Å². The third-order valence-corrected chi connectivity index (χ3v) is 3.89. The first-order chi connectivity index (χ1) is 8.28. The van der Waals surface area contributed by atoms with Gasteiger partial charge in [-0.2, -0.15) is 5.26 Å². The zero-order chi connectivity index (χ0) is 11.8. The van der Waals surface area contributed by atoms with Gasteiger partial charge in [-0.3, -0.25) is 0 Å². The molecule has 0 atom stereocenters. The molecule has 2 aromatic rings. The Bertz CT molecular complexity index is 655. The largest absolute Gasteiger partial charge is 0.331 e. The Morgan fingerprint density at radius 1 is 1.47 bits per heavy atom. The summed E-state index contributed by atoms with van der Waals surface area (Å²) in [4.78, 5) is 3.20. The number of H-pyrrole nitrogens is 1. The van der Waals surface area contributed by atoms with E-state index < -0.39 is 0 Å². The fourth-order valence-electron chi connectivity index (χ4n) is 2.34. The molecule has 1 saturated carbocycles. The summed E-state index contributed by atoms with van der Waals surface area (Å²) in [5.74, 6) is 0.756. The number of aromatic amines is 1. The Hall–Kier alpha value is -1.60. The van der Waals surface area contributed by atoms with Crippen molar-refractivity contribution in [3.63, 3.8) is 0 Å². The van der Waals surface area contributed by atoms with Crippen molar-refractivity contribution in [2.24, 2.45) is 5.92 Å². The van der Waals surface area contributed by atoms with Crippen molar-refractivity contribution in [1.82, 2.24) is 9.55 Å². The van der Waals surface area contributed by atoms with Gasteiger partial charge in [-0.25, -0.2) is 0 Å². The molecule has 0 unspecified atom stereocenters. The smallest absolute Gasteiger partial charge is 0.178 e. The SMILES string of the molecule is N#Cc1ccc2[nH]c(=S)n(CC3CCC3)c2c1. The Kier molecular flexibility index (Phi) is 2.49. The minimum Gasteiger partial charge on any atom is -0.331 e. The predicted octanol–water partition coefficient (Wildman–Crippen LogP) is 3.37. The average Bonchev–Trinajstić information content (AvgIpc) is 2.58. The lowest BCUT2D eigenvalue weighted by Crippen LogP contribution is -2.18. The van der Waals surface area contributed by atoms with E-state index in [1.807, 2.05) is 18.2 Å². The zero-order valence-electron chi connectivity index (χ0n) is 9.44. The summed E-state index contributed by atoms with van der Waals surface area (Å²) in [5.41, 5.74) is 2.77. The molecule has 0 amide bonds. The van der Waals surface area contributed by atoms with Gasteiger partial charge in [0, 0.05) is 6.54 Å². The summed E-state index contributed by atoms with van der Waals surface area (Å²) in [6, 6.07) is 7.84. The van der Waals surface area contributed by atoms with Crippen molar-refractivity contribution in [2.75, 3.05) is 0 Å². The molecule has 1 fully saturated rings. The van der Waals surface area contributed by atoms with Crippen molar-refractivity contribution < 1.29 is 0 Å². The topological polar surface area (TPSA) is 44.5 Å². The first-order valence-corrected chi connectivity index (χ1v) is 6.31. The van der Waals surface area contributed by atoms with E-state index in [9.17, 15) is 0 Å². The number of nitrogens with one attached hydrogen (secondary N) is 1. The summed E-state index contributed by atoms with van der Waals surface area (Å²) in [6.45, 7) is 0.980. The fraction of sp³-hybridized carbons (Fsp3) is 0.385. The molecule has 1 aromatic heterocycles. The van der Waals surface area contributed by atoms with Crippen LogP contribution in [-0.2, 0) is 6.54 Å². The molecule has 1 aliphatic carbocycles. The van der Waals surface area contributed by atoms with Gasteiger partial charge < -0.3 is 9.55 Å². The molecule has 1 aromatic carbocycles. The first-order valence-electron chi connectivity index (χ1n) is 5.90. The molecule has 3 nitrogen and oxygen atoms in total. The second-order valence-corrected chi connectivity index (χ2v) is 5.07. The third-order valence-electron chi connectivity index (χ3n) is 3.57. The minimum absolute atomic E-state index is 0.689. The van der Waals surface area contributed by atoms with Crippen molar-refractivity contribution in [1.29, 1.82) is 5.26 Å². The van der Waals surface area contributed by atoms with E-state index in [0.717, 1.165) is 28.3 Å². The van der Waals surface area contributed by atoms with E-state index in [0.29, 0.717) is 5.56 Å². The van der Waals surface area contributed by atoms with Crippen LogP contribution in [0.5, 0.6) is 0 Å². The monoisotopic (exact) mass is 243 g/mol. The standard InChI is InChI=1S/C13H13N3S/c14-7-10-4-5-11-12(6-10)16(13(17)15-11)8-9-2-1-3-9/h4-6,9H,1-3,8H2,(H,15,17). The van der Waals surface area contributed by atoms with Crippen LogP contribution in [0.1, 0.15) is 24.8 Å². The number of benzene rings is 1. The quantitative estimate of drug-likeness (QED) is 0.822. The number of imidazole rings is 1. The van der Waals surface area contributed by atoms with Crippen LogP contribution in [0.3, 0.4) is 0 Å². The lowest BCUT2D eigenvalue weighted by Gasteiger charge is -2.25. The van der Waals surface area contributed by atoms with Gasteiger partial charge in [0.15, 0.2) is 4.77 Å². The summed E-state index contributed by atoms with van der Waals surface area (Å²) in [5, 5.41) is 8.94. The zero-order valence-corrected chi connectivity index (χ0v) is 10.3. The molecule has 0 aliphatic heterocycles. The predicted molar refractivity (Wildman–Crippen MR) is 69.2 cm³/mol. The van der Waals surface area contributed by atoms with Gasteiger partial charge in [-0.05, 0) is 49.2 Å². The van der Waals surface area contributed by atoms with Crippen molar-refractivity contribution in [2.45, 2.75) is 25.8 Å². The maximum absolute atomic E-state index is 8.94. The highest BCUT2D eigenvalue weighted by molar-refractivity contribution is 7.71. The van der Waals surface area contributed by atoms with E-state index in [4.69, 9.17) is 17.5 Å². The number of hydrogen-bond acceptors (Lipinski definition) is 2. The van der Waals surface area contributed by atoms with Crippen molar-refractivity contribution >= 4 is 23.3 Å². The summed E-state index contributed by atoms with van der Waals surface area (Å²) in [6.07, 6.45) is 3.93. The highest BCUT2D eigenvalue weighted by atomic mass is 32.1. The van der Waals surface area contributed by atoms with Gasteiger partial charge >= 0.3 is 0 Å². The minimum atomic E-state index is 0.689. The van der Waals surface area contributed by atoms with Crippen LogP contribution < -0.4 is 0 Å². The van der Waals surface area contributed by atoms with Gasteiger partial charge in [0.2, 0.25) is 0 Å². The number of aromatic nitrogens is 2. The van der Waals surface area contributed by atoms with E-state index in [1.165, 1.54) is 19.3 Å². The molecule has 0 radical (unpaired) electrons. The van der Waals surface area contributed by atoms with Gasteiger partial charge in [0.1, 0.15) is 0 Å². The highest BCUT2D eigenvalue weighted by Gasteiger charge is 2.19. The van der Waals surface area contributed by atoms with Gasteiger partial charge in [-0.15, -0.1) is 0 Å². The molecule has 0 bridgehead atoms. The van der Waals surface area contributed by atoms with E-state index in [2.05, 4.69) is 15.6 Å².